The van der Waals surface area contributed by atoms with Gasteiger partial charge in [-0.1, -0.05) is 5.57 Å². The first-order chi connectivity index (χ1) is 6.57. The Hall–Kier alpha value is -0.380. The molecule has 0 aromatic rings. The summed E-state index contributed by atoms with van der Waals surface area (Å²) >= 11 is 0. The second-order valence-corrected chi connectivity index (χ2v) is 4.86. The van der Waals surface area contributed by atoms with E-state index in [1.54, 1.807) is 0 Å². The lowest BCUT2D eigenvalue weighted by molar-refractivity contribution is -0.0754. The number of aliphatic hydroxyl groups is 1. The van der Waals surface area contributed by atoms with Gasteiger partial charge in [-0.25, -0.2) is 0 Å². The molecule has 0 aromatic heterocycles. The van der Waals surface area contributed by atoms with Gasteiger partial charge in [-0.15, -0.1) is 6.58 Å². The minimum absolute atomic E-state index is 0.326. The summed E-state index contributed by atoms with van der Waals surface area (Å²) in [5.74, 6) is 0. The molecule has 2 heterocycles. The van der Waals surface area contributed by atoms with E-state index in [9.17, 15) is 5.11 Å². The molecule has 2 aliphatic heterocycles. The average Bonchev–Trinajstić information content (AvgIpc) is 1.99. The fourth-order valence-corrected chi connectivity index (χ4v) is 2.72. The van der Waals surface area contributed by atoms with Gasteiger partial charge in [-0.2, -0.15) is 0 Å². The van der Waals surface area contributed by atoms with Crippen molar-refractivity contribution < 1.29 is 9.84 Å². The highest BCUT2D eigenvalue weighted by molar-refractivity contribution is 5.04. The third kappa shape index (κ3) is 2.16. The molecule has 2 rings (SSSR count). The van der Waals surface area contributed by atoms with Gasteiger partial charge in [0.05, 0.1) is 18.8 Å². The van der Waals surface area contributed by atoms with Crippen molar-refractivity contribution in [3.63, 3.8) is 0 Å². The van der Waals surface area contributed by atoms with Crippen molar-refractivity contribution in [3.8, 4) is 0 Å². The Labute approximate surface area is 85.1 Å². The van der Waals surface area contributed by atoms with Gasteiger partial charge >= 0.3 is 0 Å². The van der Waals surface area contributed by atoms with Crippen molar-refractivity contribution in [1.29, 1.82) is 0 Å². The lowest BCUT2D eigenvalue weighted by atomic mass is 9.79. The van der Waals surface area contributed by atoms with Crippen LogP contribution in [-0.4, -0.2) is 36.0 Å². The number of piperidine rings is 1. The fourth-order valence-electron chi connectivity index (χ4n) is 2.72. The largest absolute Gasteiger partial charge is 0.389 e. The number of nitrogens with one attached hydrogen (secondary N) is 1. The highest BCUT2D eigenvalue weighted by Crippen LogP contribution is 2.32. The molecular weight excluding hydrogens is 178 g/mol. The van der Waals surface area contributed by atoms with Gasteiger partial charge < -0.3 is 15.2 Å². The molecule has 2 atom stereocenters. The summed E-state index contributed by atoms with van der Waals surface area (Å²) in [5.41, 5.74) is 0.518. The summed E-state index contributed by atoms with van der Waals surface area (Å²) in [5, 5.41) is 13.9. The quantitative estimate of drug-likeness (QED) is 0.644. The van der Waals surface area contributed by atoms with Crippen LogP contribution in [0.1, 0.15) is 26.2 Å². The first kappa shape index (κ1) is 10.1. The highest BCUT2D eigenvalue weighted by atomic mass is 16.5. The van der Waals surface area contributed by atoms with Crippen molar-refractivity contribution in [1.82, 2.24) is 5.32 Å². The first-order valence-corrected chi connectivity index (χ1v) is 5.28. The van der Waals surface area contributed by atoms with Crippen LogP contribution >= 0.6 is 0 Å². The SMILES string of the molecule is C=C(C)CC1(O)CC2COCC(C1)N2. The molecular formula is C11H19NO2. The van der Waals surface area contributed by atoms with Crippen LogP contribution in [0.3, 0.4) is 0 Å². The zero-order valence-corrected chi connectivity index (χ0v) is 8.75. The molecule has 0 aromatic carbocycles. The molecule has 2 N–H and O–H groups in total. The van der Waals surface area contributed by atoms with Crippen LogP contribution in [-0.2, 0) is 4.74 Å². The third-order valence-electron chi connectivity index (χ3n) is 2.99. The van der Waals surface area contributed by atoms with E-state index in [0.717, 1.165) is 38.0 Å². The third-order valence-corrected chi connectivity index (χ3v) is 2.99. The van der Waals surface area contributed by atoms with Crippen molar-refractivity contribution >= 4 is 0 Å². The van der Waals surface area contributed by atoms with Crippen LogP contribution in [0.4, 0.5) is 0 Å². The number of rotatable bonds is 2. The number of hydrogen-bond acceptors (Lipinski definition) is 3. The standard InChI is InChI=1S/C11H19NO2/c1-8(2)3-11(13)4-9-6-14-7-10(5-11)12-9/h9-10,12-13H,1,3-7H2,2H3. The summed E-state index contributed by atoms with van der Waals surface area (Å²) in [6.45, 7) is 7.32. The van der Waals surface area contributed by atoms with Crippen LogP contribution < -0.4 is 5.32 Å². The number of morpholine rings is 1. The lowest BCUT2D eigenvalue weighted by Gasteiger charge is -2.45. The zero-order valence-electron chi connectivity index (χ0n) is 8.75. The van der Waals surface area contributed by atoms with E-state index in [-0.39, 0.29) is 0 Å². The Balaban J connectivity index is 2.03. The molecule has 2 saturated heterocycles. The average molecular weight is 197 g/mol. The van der Waals surface area contributed by atoms with E-state index < -0.39 is 5.60 Å². The predicted octanol–water partition coefficient (Wildman–Crippen LogP) is 0.835. The van der Waals surface area contributed by atoms with Crippen LogP contribution in [0.25, 0.3) is 0 Å². The van der Waals surface area contributed by atoms with Crippen molar-refractivity contribution in [2.75, 3.05) is 13.2 Å². The minimum Gasteiger partial charge on any atom is -0.389 e. The van der Waals surface area contributed by atoms with Gasteiger partial charge in [0.2, 0.25) is 0 Å². The Morgan fingerprint density at radius 1 is 1.50 bits per heavy atom. The Bertz CT molecular complexity index is 227. The Kier molecular flexibility index (Phi) is 2.64. The maximum Gasteiger partial charge on any atom is 0.0715 e. The maximum atomic E-state index is 10.4. The van der Waals surface area contributed by atoms with E-state index in [1.807, 2.05) is 6.92 Å². The van der Waals surface area contributed by atoms with E-state index in [2.05, 4.69) is 11.9 Å². The molecule has 0 radical (unpaired) electrons. The fraction of sp³-hybridized carbons (Fsp3) is 0.818. The molecule has 14 heavy (non-hydrogen) atoms. The zero-order chi connectivity index (χ0) is 10.2. The molecule has 3 heteroatoms. The van der Waals surface area contributed by atoms with E-state index in [4.69, 9.17) is 4.74 Å². The topological polar surface area (TPSA) is 41.5 Å². The van der Waals surface area contributed by atoms with Crippen LogP contribution in [0, 0.1) is 0 Å². The highest BCUT2D eigenvalue weighted by Gasteiger charge is 2.40. The Morgan fingerprint density at radius 2 is 2.07 bits per heavy atom. The van der Waals surface area contributed by atoms with E-state index in [1.165, 1.54) is 0 Å². The smallest absolute Gasteiger partial charge is 0.0715 e. The summed E-state index contributed by atoms with van der Waals surface area (Å²) < 4.78 is 5.44. The predicted molar refractivity (Wildman–Crippen MR) is 55.1 cm³/mol. The molecule has 0 saturated carbocycles. The van der Waals surface area contributed by atoms with Crippen LogP contribution in [0.5, 0.6) is 0 Å². The summed E-state index contributed by atoms with van der Waals surface area (Å²) in [4.78, 5) is 0. The molecule has 3 nitrogen and oxygen atoms in total. The van der Waals surface area contributed by atoms with E-state index >= 15 is 0 Å². The summed E-state index contributed by atoms with van der Waals surface area (Å²) in [6.07, 6.45) is 2.30. The molecule has 0 spiro atoms. The second-order valence-electron chi connectivity index (χ2n) is 4.86. The molecule has 0 amide bonds. The van der Waals surface area contributed by atoms with Crippen LogP contribution in [0.2, 0.25) is 0 Å². The van der Waals surface area contributed by atoms with Crippen molar-refractivity contribution in [2.24, 2.45) is 0 Å². The molecule has 2 aliphatic rings. The summed E-state index contributed by atoms with van der Waals surface area (Å²) in [6, 6.07) is 0.652. The molecule has 2 fully saturated rings. The number of fused-ring (bicyclic) bond motifs is 2. The van der Waals surface area contributed by atoms with Gasteiger partial charge in [-0.3, -0.25) is 0 Å². The first-order valence-electron chi connectivity index (χ1n) is 5.28. The normalized spacial score (nSPS) is 42.1. The van der Waals surface area contributed by atoms with Crippen molar-refractivity contribution in [2.45, 2.75) is 43.9 Å². The monoisotopic (exact) mass is 197 g/mol. The van der Waals surface area contributed by atoms with E-state index in [0.29, 0.717) is 12.1 Å². The summed E-state index contributed by atoms with van der Waals surface area (Å²) in [7, 11) is 0. The molecule has 80 valence electrons. The number of hydrogen-bond donors (Lipinski definition) is 2. The van der Waals surface area contributed by atoms with Gasteiger partial charge in [0.1, 0.15) is 0 Å². The minimum atomic E-state index is -0.545. The maximum absolute atomic E-state index is 10.4. The van der Waals surface area contributed by atoms with Gasteiger partial charge in [0, 0.05) is 12.1 Å². The molecule has 0 aliphatic carbocycles. The Morgan fingerprint density at radius 3 is 2.57 bits per heavy atom. The van der Waals surface area contributed by atoms with Gasteiger partial charge in [0.25, 0.3) is 0 Å². The van der Waals surface area contributed by atoms with Crippen LogP contribution in [0.15, 0.2) is 12.2 Å². The molecule has 2 unspecified atom stereocenters. The second kappa shape index (κ2) is 3.65. The number of ether oxygens (including phenoxy) is 1. The van der Waals surface area contributed by atoms with Crippen molar-refractivity contribution in [3.05, 3.63) is 12.2 Å². The lowest BCUT2D eigenvalue weighted by Crippen LogP contribution is -2.59. The van der Waals surface area contributed by atoms with Gasteiger partial charge in [0.15, 0.2) is 0 Å². The van der Waals surface area contributed by atoms with Gasteiger partial charge in [-0.05, 0) is 26.2 Å². The molecule has 2 bridgehead atoms.